The van der Waals surface area contributed by atoms with Crippen LogP contribution in [0.2, 0.25) is 0 Å². The van der Waals surface area contributed by atoms with Crippen LogP contribution < -0.4 is 0 Å². The summed E-state index contributed by atoms with van der Waals surface area (Å²) >= 11 is 6.56. The summed E-state index contributed by atoms with van der Waals surface area (Å²) in [5.41, 5.74) is 1.21. The SMILES string of the molecule is BrCCCBr.CC.c1ccc2[nH]ccc2c1. The number of alkyl halides is 2. The number of aromatic nitrogens is 1. The summed E-state index contributed by atoms with van der Waals surface area (Å²) in [6.45, 7) is 4.00. The lowest BCUT2D eigenvalue weighted by molar-refractivity contribution is 1.15. The number of hydrogen-bond donors (Lipinski definition) is 1. The van der Waals surface area contributed by atoms with Crippen LogP contribution >= 0.6 is 31.9 Å². The van der Waals surface area contributed by atoms with Crippen molar-refractivity contribution in [3.63, 3.8) is 0 Å². The fourth-order valence-electron chi connectivity index (χ4n) is 1.05. The molecule has 0 unspecified atom stereocenters. The number of benzene rings is 1. The molecule has 2 rings (SSSR count). The fourth-order valence-corrected chi connectivity index (χ4v) is 2.36. The summed E-state index contributed by atoms with van der Waals surface area (Å²) in [5, 5.41) is 3.49. The number of fused-ring (bicyclic) bond motifs is 1. The van der Waals surface area contributed by atoms with Gasteiger partial charge in [0, 0.05) is 22.4 Å². The van der Waals surface area contributed by atoms with Gasteiger partial charge < -0.3 is 4.98 Å². The maximum atomic E-state index is 3.28. The Kier molecular flexibility index (Phi) is 11.0. The lowest BCUT2D eigenvalue weighted by Crippen LogP contribution is -1.69. The summed E-state index contributed by atoms with van der Waals surface area (Å²) in [4.78, 5) is 3.12. The molecule has 16 heavy (non-hydrogen) atoms. The molecule has 1 nitrogen and oxygen atoms in total. The van der Waals surface area contributed by atoms with Gasteiger partial charge >= 0.3 is 0 Å². The van der Waals surface area contributed by atoms with Gasteiger partial charge in [0.05, 0.1) is 0 Å². The van der Waals surface area contributed by atoms with E-state index in [0.717, 1.165) is 10.7 Å². The first-order valence-corrected chi connectivity index (χ1v) is 7.77. The molecule has 3 heteroatoms. The van der Waals surface area contributed by atoms with Gasteiger partial charge in [-0.05, 0) is 23.9 Å². The van der Waals surface area contributed by atoms with Crippen molar-refractivity contribution in [3.05, 3.63) is 36.5 Å². The molecule has 1 aromatic carbocycles. The second-order valence-corrected chi connectivity index (χ2v) is 4.38. The summed E-state index contributed by atoms with van der Waals surface area (Å²) in [7, 11) is 0. The zero-order chi connectivity index (χ0) is 12.2. The molecule has 0 saturated carbocycles. The molecule has 1 heterocycles. The Labute approximate surface area is 115 Å². The highest BCUT2D eigenvalue weighted by Gasteiger charge is 1.86. The monoisotopic (exact) mass is 347 g/mol. The predicted molar refractivity (Wildman–Crippen MR) is 81.9 cm³/mol. The van der Waals surface area contributed by atoms with E-state index in [1.54, 1.807) is 0 Å². The standard InChI is InChI=1S/C8H7N.C3H6Br2.C2H6/c1-2-4-8-7(3-1)5-6-9-8;4-2-1-3-5;1-2/h1-6,9H;1-3H2;1-2H3. The first-order valence-electron chi connectivity index (χ1n) is 5.52. The minimum absolute atomic E-state index is 1.11. The van der Waals surface area contributed by atoms with Crippen molar-refractivity contribution in [2.45, 2.75) is 20.3 Å². The average Bonchev–Trinajstić information content (AvgIpc) is 2.81. The second-order valence-electron chi connectivity index (χ2n) is 2.80. The Bertz CT molecular complexity index is 325. The number of halogens is 2. The molecule has 0 aliphatic heterocycles. The molecule has 0 saturated heterocycles. The van der Waals surface area contributed by atoms with E-state index in [1.165, 1.54) is 17.3 Å². The summed E-state index contributed by atoms with van der Waals surface area (Å²) in [6.07, 6.45) is 3.17. The van der Waals surface area contributed by atoms with Crippen molar-refractivity contribution in [3.8, 4) is 0 Å². The summed E-state index contributed by atoms with van der Waals surface area (Å²) in [5.74, 6) is 0. The van der Waals surface area contributed by atoms with Gasteiger partial charge in [0.15, 0.2) is 0 Å². The third-order valence-corrected chi connectivity index (χ3v) is 2.85. The summed E-state index contributed by atoms with van der Waals surface area (Å²) in [6, 6.07) is 10.3. The smallest absolute Gasteiger partial charge is 0.0453 e. The Morgan fingerprint density at radius 3 is 2.12 bits per heavy atom. The molecule has 0 atom stereocenters. The maximum absolute atomic E-state index is 3.28. The minimum Gasteiger partial charge on any atom is -0.361 e. The first-order chi connectivity index (χ1) is 7.88. The van der Waals surface area contributed by atoms with Gasteiger partial charge in [-0.3, -0.25) is 0 Å². The molecule has 2 aromatic rings. The van der Waals surface area contributed by atoms with E-state index in [1.807, 2.05) is 32.2 Å². The van der Waals surface area contributed by atoms with E-state index in [0.29, 0.717) is 0 Å². The maximum Gasteiger partial charge on any atom is 0.0453 e. The molecule has 90 valence electrons. The van der Waals surface area contributed by atoms with Crippen molar-refractivity contribution < 1.29 is 0 Å². The second kappa shape index (κ2) is 11.2. The predicted octanol–water partition coefficient (Wildman–Crippen LogP) is 5.36. The quantitative estimate of drug-likeness (QED) is 0.703. The van der Waals surface area contributed by atoms with Gasteiger partial charge in [0.25, 0.3) is 0 Å². The molecule has 0 aliphatic rings. The van der Waals surface area contributed by atoms with Gasteiger partial charge in [-0.1, -0.05) is 63.9 Å². The van der Waals surface area contributed by atoms with Gasteiger partial charge in [-0.25, -0.2) is 0 Å². The largest absolute Gasteiger partial charge is 0.361 e. The highest BCUT2D eigenvalue weighted by molar-refractivity contribution is 9.09. The van der Waals surface area contributed by atoms with Crippen molar-refractivity contribution in [1.82, 2.24) is 4.98 Å². The average molecular weight is 349 g/mol. The molecule has 1 N–H and O–H groups in total. The Morgan fingerprint density at radius 1 is 1.00 bits per heavy atom. The molecule has 0 radical (unpaired) electrons. The molecule has 0 fully saturated rings. The van der Waals surface area contributed by atoms with Crippen LogP contribution in [0.15, 0.2) is 36.5 Å². The van der Waals surface area contributed by atoms with Crippen LogP contribution in [-0.4, -0.2) is 15.6 Å². The number of para-hydroxylation sites is 1. The van der Waals surface area contributed by atoms with Crippen LogP contribution in [0, 0.1) is 0 Å². The molecule has 0 spiro atoms. The summed E-state index contributed by atoms with van der Waals surface area (Å²) < 4.78 is 0. The van der Waals surface area contributed by atoms with Gasteiger partial charge in [0.1, 0.15) is 0 Å². The van der Waals surface area contributed by atoms with E-state index < -0.39 is 0 Å². The van der Waals surface area contributed by atoms with Crippen LogP contribution in [0.25, 0.3) is 10.9 Å². The van der Waals surface area contributed by atoms with Gasteiger partial charge in [-0.15, -0.1) is 0 Å². The highest BCUT2D eigenvalue weighted by atomic mass is 79.9. The number of rotatable bonds is 2. The number of H-pyrrole nitrogens is 1. The van der Waals surface area contributed by atoms with E-state index in [4.69, 9.17) is 0 Å². The van der Waals surface area contributed by atoms with E-state index >= 15 is 0 Å². The van der Waals surface area contributed by atoms with Crippen molar-refractivity contribution >= 4 is 42.8 Å². The number of aromatic amines is 1. The lowest BCUT2D eigenvalue weighted by atomic mass is 10.3. The topological polar surface area (TPSA) is 15.8 Å². The normalized spacial score (nSPS) is 8.75. The van der Waals surface area contributed by atoms with Gasteiger partial charge in [-0.2, -0.15) is 0 Å². The van der Waals surface area contributed by atoms with E-state index in [9.17, 15) is 0 Å². The zero-order valence-corrected chi connectivity index (χ0v) is 13.0. The van der Waals surface area contributed by atoms with E-state index in [2.05, 4.69) is 55.0 Å². The molecular formula is C13H19Br2N. The van der Waals surface area contributed by atoms with E-state index in [-0.39, 0.29) is 0 Å². The Morgan fingerprint density at radius 2 is 1.62 bits per heavy atom. The number of hydrogen-bond acceptors (Lipinski definition) is 0. The van der Waals surface area contributed by atoms with Gasteiger partial charge in [0.2, 0.25) is 0 Å². The fraction of sp³-hybridized carbons (Fsp3) is 0.385. The molecule has 1 aromatic heterocycles. The molecule has 0 amide bonds. The lowest BCUT2D eigenvalue weighted by Gasteiger charge is -1.83. The molecule has 0 bridgehead atoms. The Balaban J connectivity index is 0.000000280. The Hall–Kier alpha value is -0.280. The van der Waals surface area contributed by atoms with Crippen molar-refractivity contribution in [2.24, 2.45) is 0 Å². The minimum atomic E-state index is 1.11. The molecular weight excluding hydrogens is 330 g/mol. The van der Waals surface area contributed by atoms with Crippen molar-refractivity contribution in [2.75, 3.05) is 10.7 Å². The van der Waals surface area contributed by atoms with Crippen molar-refractivity contribution in [1.29, 1.82) is 0 Å². The first kappa shape index (κ1) is 15.7. The molecule has 0 aliphatic carbocycles. The van der Waals surface area contributed by atoms with Crippen LogP contribution in [0.3, 0.4) is 0 Å². The zero-order valence-electron chi connectivity index (χ0n) is 9.84. The van der Waals surface area contributed by atoms with Crippen LogP contribution in [-0.2, 0) is 0 Å². The van der Waals surface area contributed by atoms with Crippen LogP contribution in [0.1, 0.15) is 20.3 Å². The third-order valence-electron chi connectivity index (χ3n) is 1.73. The van der Waals surface area contributed by atoms with Crippen LogP contribution in [0.5, 0.6) is 0 Å². The van der Waals surface area contributed by atoms with Crippen LogP contribution in [0.4, 0.5) is 0 Å². The number of nitrogens with one attached hydrogen (secondary N) is 1. The highest BCUT2D eigenvalue weighted by Crippen LogP contribution is 2.09. The third kappa shape index (κ3) is 6.33.